The minimum Gasteiger partial charge on any atom is -0.440 e. The number of hydrogen-bond donors (Lipinski definition) is 0. The van der Waals surface area contributed by atoms with E-state index in [1.165, 1.54) is 0 Å². The van der Waals surface area contributed by atoms with Crippen LogP contribution >= 0.6 is 0 Å². The molecule has 10 nitrogen and oxygen atoms in total. The first kappa shape index (κ1) is 38.6. The van der Waals surface area contributed by atoms with Crippen molar-refractivity contribution < 1.29 is 36.8 Å². The third-order valence-corrected chi connectivity index (χ3v) is 19.2. The minimum atomic E-state index is -3.51. The van der Waals surface area contributed by atoms with E-state index in [0.717, 1.165) is 55.9 Å². The largest absolute Gasteiger partial charge is 0.440 e. The molecule has 2 amide bonds. The van der Waals surface area contributed by atoms with E-state index in [1.807, 2.05) is 133 Å². The summed E-state index contributed by atoms with van der Waals surface area (Å²) in [7, 11) is -7.02. The van der Waals surface area contributed by atoms with Gasteiger partial charge in [0.05, 0.1) is 13.2 Å². The molecule has 304 valence electrons. The average molecular weight is 835 g/mol. The second-order valence-corrected chi connectivity index (χ2v) is 21.6. The quantitative estimate of drug-likeness (QED) is 0.129. The smallest absolute Gasteiger partial charge is 0.410 e. The van der Waals surface area contributed by atoms with Crippen molar-refractivity contribution in [1.29, 1.82) is 0 Å². The van der Waals surface area contributed by atoms with E-state index in [2.05, 4.69) is 25.3 Å². The molecule has 2 aliphatic carbocycles. The third kappa shape index (κ3) is 6.37. The van der Waals surface area contributed by atoms with Crippen molar-refractivity contribution in [3.63, 3.8) is 0 Å². The summed E-state index contributed by atoms with van der Waals surface area (Å²) < 4.78 is 40.9. The Labute approximate surface area is 352 Å². The fourth-order valence-electron chi connectivity index (χ4n) is 9.75. The van der Waals surface area contributed by atoms with Gasteiger partial charge in [0.25, 0.3) is 0 Å². The SMILES string of the molecule is C=C1C2=CCCN3C(=O)O[C@H]([C@H]1O[Si](OC/C=C/CO[Si](O[C@H]1C(=C)C4=CCCN5C(=O)O[C@H]1[C@H]45)(c1ccccc1)c1ccccc1)(c1ccccc1)c1ccccc1)[C@H]23. The molecule has 0 aromatic heterocycles. The van der Waals surface area contributed by atoms with E-state index in [9.17, 15) is 9.59 Å². The summed E-state index contributed by atoms with van der Waals surface area (Å²) in [6, 6.07) is 39.8. The number of ether oxygens (including phenoxy) is 2. The second-order valence-electron chi connectivity index (χ2n) is 15.8. The van der Waals surface area contributed by atoms with E-state index >= 15 is 0 Å². The molecule has 2 saturated heterocycles. The Kier molecular flexibility index (Phi) is 10.1. The third-order valence-electron chi connectivity index (χ3n) is 12.5. The average Bonchev–Trinajstić information content (AvgIpc) is 3.99. The highest BCUT2D eigenvalue weighted by atomic mass is 28.4. The standard InChI is InChI=1S/C48H46N2O8Si2/c1-33-39-27-17-29-49-41(39)45(55-47(49)51)43(33)57-59(35-19-7-3-8-20-35,36-21-9-4-10-22-36)53-31-15-16-32-54-60(37-23-11-5-12-24-37,38-25-13-6-14-26-38)58-44-34(2)40-28-18-30-50-42(40)46(44)56-48(50)52/h3-16,19-28,41-46H,1-2,17-18,29-32H2/b16-15+/t41-,42-,43-,44-,45-,46-/m0/s1. The van der Waals surface area contributed by atoms with Crippen molar-refractivity contribution in [2.24, 2.45) is 0 Å². The lowest BCUT2D eigenvalue weighted by molar-refractivity contribution is 0.0522. The highest BCUT2D eigenvalue weighted by molar-refractivity contribution is 6.93. The van der Waals surface area contributed by atoms with Crippen LogP contribution in [0, 0.1) is 0 Å². The fraction of sp³-hybridized carbons (Fsp3) is 0.250. The van der Waals surface area contributed by atoms with E-state index < -0.39 is 41.5 Å². The summed E-state index contributed by atoms with van der Waals surface area (Å²) in [4.78, 5) is 29.6. The first-order valence-corrected chi connectivity index (χ1v) is 24.3. The molecule has 6 atom stereocenters. The normalized spacial score (nSPS) is 25.6. The number of benzene rings is 4. The summed E-state index contributed by atoms with van der Waals surface area (Å²) in [5, 5.41) is 3.69. The van der Waals surface area contributed by atoms with Gasteiger partial charge in [0.1, 0.15) is 24.3 Å². The van der Waals surface area contributed by atoms with Crippen LogP contribution in [0.25, 0.3) is 0 Å². The topological polar surface area (TPSA) is 96.0 Å². The highest BCUT2D eigenvalue weighted by Gasteiger charge is 2.60. The number of carbonyl (C=O) groups excluding carboxylic acids is 2. The zero-order valence-corrected chi connectivity index (χ0v) is 35.1. The second kappa shape index (κ2) is 15.8. The zero-order chi connectivity index (χ0) is 40.8. The zero-order valence-electron chi connectivity index (χ0n) is 33.1. The molecule has 4 aliphatic heterocycles. The Morgan fingerprint density at radius 3 is 1.22 bits per heavy atom. The lowest BCUT2D eigenvalue weighted by atomic mass is 10.0. The van der Waals surface area contributed by atoms with Crippen LogP contribution in [-0.4, -0.2) is 102 Å². The Morgan fingerprint density at radius 1 is 0.550 bits per heavy atom. The van der Waals surface area contributed by atoms with Gasteiger partial charge in [-0.25, -0.2) is 9.59 Å². The van der Waals surface area contributed by atoms with Crippen LogP contribution in [0.15, 0.2) is 181 Å². The van der Waals surface area contributed by atoms with Crippen molar-refractivity contribution in [3.8, 4) is 0 Å². The molecule has 0 bridgehead atoms. The van der Waals surface area contributed by atoms with E-state index in [1.54, 1.807) is 9.80 Å². The van der Waals surface area contributed by atoms with Crippen LogP contribution in [0.4, 0.5) is 9.59 Å². The van der Waals surface area contributed by atoms with Crippen LogP contribution in [0.2, 0.25) is 0 Å². The van der Waals surface area contributed by atoms with Crippen LogP contribution in [0.1, 0.15) is 12.8 Å². The van der Waals surface area contributed by atoms with E-state index in [0.29, 0.717) is 13.1 Å². The molecule has 4 heterocycles. The van der Waals surface area contributed by atoms with Gasteiger partial charge in [-0.05, 0) is 55.9 Å². The molecule has 4 aromatic carbocycles. The van der Waals surface area contributed by atoms with Gasteiger partial charge in [-0.2, -0.15) is 0 Å². The van der Waals surface area contributed by atoms with Crippen LogP contribution in [0.3, 0.4) is 0 Å². The van der Waals surface area contributed by atoms with Gasteiger partial charge in [0, 0.05) is 13.1 Å². The monoisotopic (exact) mass is 834 g/mol. The number of hydrogen-bond acceptors (Lipinski definition) is 8. The Hall–Kier alpha value is -5.61. The van der Waals surface area contributed by atoms with Crippen molar-refractivity contribution in [3.05, 3.63) is 181 Å². The lowest BCUT2D eigenvalue weighted by Crippen LogP contribution is -2.65. The fourth-order valence-corrected chi connectivity index (χ4v) is 16.2. The van der Waals surface area contributed by atoms with Crippen molar-refractivity contribution >= 4 is 50.1 Å². The maximum atomic E-state index is 13.0. The first-order chi connectivity index (χ1) is 29.4. The van der Waals surface area contributed by atoms with E-state index in [4.69, 9.17) is 27.2 Å². The van der Waals surface area contributed by atoms with Gasteiger partial charge in [-0.1, -0.05) is 159 Å². The molecule has 60 heavy (non-hydrogen) atoms. The number of nitrogens with zero attached hydrogens (tertiary/aromatic N) is 2. The summed E-state index contributed by atoms with van der Waals surface area (Å²) in [5.41, 5.74) is 3.66. The molecule has 10 rings (SSSR count). The Morgan fingerprint density at radius 2 is 0.883 bits per heavy atom. The summed E-state index contributed by atoms with van der Waals surface area (Å²) in [6.07, 6.45) is 6.86. The summed E-state index contributed by atoms with van der Waals surface area (Å²) in [5.74, 6) is 0. The Balaban J connectivity index is 0.953. The maximum Gasteiger partial charge on any atom is 0.410 e. The van der Waals surface area contributed by atoms with Gasteiger partial charge < -0.3 is 27.2 Å². The predicted molar refractivity (Wildman–Crippen MR) is 232 cm³/mol. The molecule has 0 N–H and O–H groups in total. The maximum absolute atomic E-state index is 13.0. The minimum absolute atomic E-state index is 0.205. The molecule has 4 fully saturated rings. The number of amides is 2. The van der Waals surface area contributed by atoms with Gasteiger partial charge >= 0.3 is 29.3 Å². The molecular weight excluding hydrogens is 789 g/mol. The molecule has 6 aliphatic rings. The molecular formula is C48H46N2O8Si2. The number of rotatable bonds is 14. The van der Waals surface area contributed by atoms with Crippen molar-refractivity contribution in [1.82, 2.24) is 9.80 Å². The van der Waals surface area contributed by atoms with E-state index in [-0.39, 0.29) is 37.5 Å². The van der Waals surface area contributed by atoms with Crippen LogP contribution in [-0.2, 0) is 27.2 Å². The molecule has 0 spiro atoms. The number of carbonyl (C=O) groups is 2. The van der Waals surface area contributed by atoms with Crippen molar-refractivity contribution in [2.45, 2.75) is 49.3 Å². The Bertz CT molecular complexity index is 2150. The van der Waals surface area contributed by atoms with Crippen LogP contribution in [0.5, 0.6) is 0 Å². The highest BCUT2D eigenvalue weighted by Crippen LogP contribution is 2.46. The predicted octanol–water partition coefficient (Wildman–Crippen LogP) is 5.04. The van der Waals surface area contributed by atoms with Gasteiger partial charge in [-0.15, -0.1) is 0 Å². The first-order valence-electron chi connectivity index (χ1n) is 20.6. The van der Waals surface area contributed by atoms with Gasteiger partial charge in [-0.3, -0.25) is 9.80 Å². The lowest BCUT2D eigenvalue weighted by Gasteiger charge is -2.35. The molecule has 4 aromatic rings. The van der Waals surface area contributed by atoms with Gasteiger partial charge in [0.15, 0.2) is 12.2 Å². The van der Waals surface area contributed by atoms with Crippen molar-refractivity contribution in [2.75, 3.05) is 26.3 Å². The molecule has 0 unspecified atom stereocenters. The summed E-state index contributed by atoms with van der Waals surface area (Å²) in [6.45, 7) is 10.6. The molecule has 0 radical (unpaired) electrons. The molecule has 12 heteroatoms. The van der Waals surface area contributed by atoms with Gasteiger partial charge in [0.2, 0.25) is 0 Å². The summed E-state index contributed by atoms with van der Waals surface area (Å²) >= 11 is 0. The van der Waals surface area contributed by atoms with Crippen LogP contribution < -0.4 is 20.7 Å². The molecule has 2 saturated carbocycles.